The van der Waals surface area contributed by atoms with Crippen molar-refractivity contribution in [3.8, 4) is 0 Å². The SMILES string of the molecule is O=C(NN=CC(Cl)(Cl)Cl)c1ccccc1C(F)(F)F. The lowest BCUT2D eigenvalue weighted by Gasteiger charge is -2.11. The molecule has 1 aromatic rings. The zero-order chi connectivity index (χ0) is 14.7. The summed E-state index contributed by atoms with van der Waals surface area (Å²) in [5.74, 6) is -1.06. The van der Waals surface area contributed by atoms with Gasteiger partial charge in [0, 0.05) is 0 Å². The lowest BCUT2D eigenvalue weighted by Crippen LogP contribution is -2.23. The van der Waals surface area contributed by atoms with Gasteiger partial charge in [-0.3, -0.25) is 4.79 Å². The highest BCUT2D eigenvalue weighted by molar-refractivity contribution is 6.74. The van der Waals surface area contributed by atoms with Gasteiger partial charge in [0.25, 0.3) is 5.91 Å². The highest BCUT2D eigenvalue weighted by Gasteiger charge is 2.34. The van der Waals surface area contributed by atoms with Crippen LogP contribution in [0.1, 0.15) is 15.9 Å². The molecule has 1 aromatic carbocycles. The minimum absolute atomic E-state index is 0.573. The summed E-state index contributed by atoms with van der Waals surface area (Å²) in [5.41, 5.74) is 0.200. The highest BCUT2D eigenvalue weighted by atomic mass is 35.6. The fourth-order valence-corrected chi connectivity index (χ4v) is 1.30. The van der Waals surface area contributed by atoms with E-state index in [2.05, 4.69) is 5.10 Å². The van der Waals surface area contributed by atoms with Crippen LogP contribution in [0.5, 0.6) is 0 Å². The summed E-state index contributed by atoms with van der Waals surface area (Å²) in [4.78, 5) is 11.5. The van der Waals surface area contributed by atoms with Crippen molar-refractivity contribution in [1.29, 1.82) is 0 Å². The number of alkyl halides is 6. The third-order valence-electron chi connectivity index (χ3n) is 1.85. The Balaban J connectivity index is 2.93. The van der Waals surface area contributed by atoms with Crippen molar-refractivity contribution in [2.75, 3.05) is 0 Å². The molecule has 0 aliphatic carbocycles. The van der Waals surface area contributed by atoms with Crippen molar-refractivity contribution < 1.29 is 18.0 Å². The fourth-order valence-electron chi connectivity index (χ4n) is 1.15. The van der Waals surface area contributed by atoms with E-state index in [0.29, 0.717) is 0 Å². The van der Waals surface area contributed by atoms with Crippen molar-refractivity contribution in [3.63, 3.8) is 0 Å². The second kappa shape index (κ2) is 5.98. The lowest BCUT2D eigenvalue weighted by atomic mass is 10.1. The molecule has 0 radical (unpaired) electrons. The molecule has 9 heteroatoms. The number of nitrogens with zero attached hydrogens (tertiary/aromatic N) is 1. The topological polar surface area (TPSA) is 41.5 Å². The first-order valence-corrected chi connectivity index (χ1v) is 5.82. The molecule has 1 rings (SSSR count). The molecule has 0 atom stereocenters. The Hall–Kier alpha value is -0.980. The molecule has 0 unspecified atom stereocenters. The van der Waals surface area contributed by atoms with Crippen LogP contribution in [0.3, 0.4) is 0 Å². The van der Waals surface area contributed by atoms with E-state index < -0.39 is 27.0 Å². The van der Waals surface area contributed by atoms with E-state index in [1.807, 2.05) is 5.43 Å². The van der Waals surface area contributed by atoms with E-state index in [4.69, 9.17) is 34.8 Å². The summed E-state index contributed by atoms with van der Waals surface area (Å²) in [7, 11) is 0. The summed E-state index contributed by atoms with van der Waals surface area (Å²) in [6, 6.07) is 4.27. The quantitative estimate of drug-likeness (QED) is 0.499. The summed E-state index contributed by atoms with van der Waals surface area (Å²) in [6.45, 7) is 0. The normalized spacial score (nSPS) is 12.7. The number of amides is 1. The average molecular weight is 334 g/mol. The predicted molar refractivity (Wildman–Crippen MR) is 67.7 cm³/mol. The minimum Gasteiger partial charge on any atom is -0.267 e. The van der Waals surface area contributed by atoms with Gasteiger partial charge >= 0.3 is 6.18 Å². The Morgan fingerprint density at radius 1 is 1.21 bits per heavy atom. The summed E-state index contributed by atoms with van der Waals surface area (Å²) in [6.07, 6.45) is -3.89. The Labute approximate surface area is 121 Å². The molecule has 0 bridgehead atoms. The Morgan fingerprint density at radius 3 is 2.32 bits per heavy atom. The van der Waals surface area contributed by atoms with E-state index in [-0.39, 0.29) is 0 Å². The standard InChI is InChI=1S/C10H6Cl3F3N2O/c11-9(12,13)5-17-18-8(19)6-3-1-2-4-7(6)10(14,15)16/h1-5H,(H,18,19). The van der Waals surface area contributed by atoms with Gasteiger partial charge in [0.2, 0.25) is 3.79 Å². The number of halogens is 6. The molecule has 0 spiro atoms. The van der Waals surface area contributed by atoms with Crippen LogP contribution in [0.2, 0.25) is 0 Å². The second-order valence-electron chi connectivity index (χ2n) is 3.28. The maximum atomic E-state index is 12.6. The molecule has 0 fully saturated rings. The van der Waals surface area contributed by atoms with E-state index in [0.717, 1.165) is 18.3 Å². The van der Waals surface area contributed by atoms with Gasteiger partial charge in [0.15, 0.2) is 0 Å². The second-order valence-corrected chi connectivity index (χ2v) is 5.65. The van der Waals surface area contributed by atoms with Crippen molar-refractivity contribution in [3.05, 3.63) is 35.4 Å². The van der Waals surface area contributed by atoms with Crippen LogP contribution in [0.25, 0.3) is 0 Å². The molecule has 1 N–H and O–H groups in total. The first kappa shape index (κ1) is 16.1. The van der Waals surface area contributed by atoms with Crippen LogP contribution < -0.4 is 5.43 Å². The number of hydrogen-bond donors (Lipinski definition) is 1. The van der Waals surface area contributed by atoms with Gasteiger partial charge in [0.05, 0.1) is 17.3 Å². The van der Waals surface area contributed by atoms with Gasteiger partial charge in [-0.05, 0) is 12.1 Å². The van der Waals surface area contributed by atoms with Gasteiger partial charge in [-0.2, -0.15) is 18.3 Å². The van der Waals surface area contributed by atoms with Crippen LogP contribution in [0.15, 0.2) is 29.4 Å². The molecule has 0 aliphatic rings. The van der Waals surface area contributed by atoms with Crippen molar-refractivity contribution in [2.24, 2.45) is 5.10 Å². The molecule has 19 heavy (non-hydrogen) atoms. The Bertz CT molecular complexity index is 498. The molecule has 1 amide bonds. The largest absolute Gasteiger partial charge is 0.417 e. The Morgan fingerprint density at radius 2 is 1.79 bits per heavy atom. The van der Waals surface area contributed by atoms with Gasteiger partial charge in [-0.15, -0.1) is 0 Å². The van der Waals surface area contributed by atoms with Crippen LogP contribution >= 0.6 is 34.8 Å². The van der Waals surface area contributed by atoms with Gasteiger partial charge in [0.1, 0.15) is 0 Å². The third-order valence-corrected chi connectivity index (χ3v) is 2.15. The fraction of sp³-hybridized carbons (Fsp3) is 0.200. The molecule has 0 saturated heterocycles. The molecule has 0 heterocycles. The van der Waals surface area contributed by atoms with E-state index in [9.17, 15) is 18.0 Å². The molecule has 104 valence electrons. The van der Waals surface area contributed by atoms with Crippen molar-refractivity contribution >= 4 is 46.9 Å². The Kier molecular flexibility index (Phi) is 5.06. The maximum Gasteiger partial charge on any atom is 0.417 e. The van der Waals surface area contributed by atoms with E-state index in [1.165, 1.54) is 12.1 Å². The number of nitrogens with one attached hydrogen (secondary N) is 1. The highest BCUT2D eigenvalue weighted by Crippen LogP contribution is 2.31. The van der Waals surface area contributed by atoms with Crippen LogP contribution in [0.4, 0.5) is 13.2 Å². The number of hydrazone groups is 1. The first-order valence-electron chi connectivity index (χ1n) is 4.69. The zero-order valence-electron chi connectivity index (χ0n) is 9.01. The monoisotopic (exact) mass is 332 g/mol. The lowest BCUT2D eigenvalue weighted by molar-refractivity contribution is -0.137. The number of rotatable bonds is 2. The summed E-state index contributed by atoms with van der Waals surface area (Å²) in [5, 5.41) is 3.25. The molecular weight excluding hydrogens is 327 g/mol. The van der Waals surface area contributed by atoms with E-state index in [1.54, 1.807) is 0 Å². The molecule has 3 nitrogen and oxygen atoms in total. The number of benzene rings is 1. The number of carbonyl (C=O) groups is 1. The summed E-state index contributed by atoms with van der Waals surface area (Å²) < 4.78 is 36.1. The zero-order valence-corrected chi connectivity index (χ0v) is 11.3. The molecule has 0 aliphatic heterocycles. The van der Waals surface area contributed by atoms with Crippen LogP contribution in [-0.4, -0.2) is 15.9 Å². The van der Waals surface area contributed by atoms with Gasteiger partial charge < -0.3 is 0 Å². The third kappa shape index (κ3) is 5.26. The smallest absolute Gasteiger partial charge is 0.267 e. The minimum atomic E-state index is -4.65. The number of hydrogen-bond acceptors (Lipinski definition) is 2. The van der Waals surface area contributed by atoms with Crippen LogP contribution in [-0.2, 0) is 6.18 Å². The molecule has 0 aromatic heterocycles. The van der Waals surface area contributed by atoms with Crippen molar-refractivity contribution in [2.45, 2.75) is 9.97 Å². The van der Waals surface area contributed by atoms with Crippen LogP contribution in [0, 0.1) is 0 Å². The van der Waals surface area contributed by atoms with Gasteiger partial charge in [-0.1, -0.05) is 46.9 Å². The number of carbonyl (C=O) groups excluding carboxylic acids is 1. The predicted octanol–water partition coefficient (Wildman–Crippen LogP) is 3.79. The van der Waals surface area contributed by atoms with E-state index >= 15 is 0 Å². The van der Waals surface area contributed by atoms with Gasteiger partial charge in [-0.25, -0.2) is 5.43 Å². The molecule has 0 saturated carbocycles. The summed E-state index contributed by atoms with van der Waals surface area (Å²) >= 11 is 16.0. The average Bonchev–Trinajstić information content (AvgIpc) is 2.26. The molecular formula is C10H6Cl3F3N2O. The van der Waals surface area contributed by atoms with Crippen molar-refractivity contribution in [1.82, 2.24) is 5.43 Å². The first-order chi connectivity index (χ1) is 8.61. The maximum absolute atomic E-state index is 12.6.